The topological polar surface area (TPSA) is 136 Å². The van der Waals surface area contributed by atoms with Gasteiger partial charge in [0, 0.05) is 17.2 Å². The summed E-state index contributed by atoms with van der Waals surface area (Å²) < 4.78 is 26.8. The zero-order chi connectivity index (χ0) is 19.5. The second kappa shape index (κ2) is 7.68. The minimum Gasteiger partial charge on any atom is -0.293 e. The summed E-state index contributed by atoms with van der Waals surface area (Å²) in [4.78, 5) is 21.9. The molecule has 0 aliphatic rings. The number of carbonyl (C=O) groups is 1. The Bertz CT molecular complexity index is 947. The molecule has 0 radical (unpaired) electrons. The monoisotopic (exact) mass is 398 g/mol. The standard InChI is InChI=1S/C15H15ClN4O5S/c1-10-8-12(20(22)23)4-7-14(10)19(9-15(21)18-17)26(24,25)13-5-2-11(16)3-6-13/h2-8H,9,17H2,1H3,(H,18,21). The molecule has 0 atom stereocenters. The first-order valence-corrected chi connectivity index (χ1v) is 9.01. The Morgan fingerprint density at radius 2 is 1.88 bits per heavy atom. The summed E-state index contributed by atoms with van der Waals surface area (Å²) in [5, 5.41) is 11.2. The van der Waals surface area contributed by atoms with Crippen molar-refractivity contribution in [3.05, 3.63) is 63.2 Å². The number of nitro benzene ring substituents is 1. The van der Waals surface area contributed by atoms with Gasteiger partial charge in [-0.1, -0.05) is 11.6 Å². The minimum atomic E-state index is -4.14. The van der Waals surface area contributed by atoms with Crippen LogP contribution in [0.1, 0.15) is 5.56 Å². The highest BCUT2D eigenvalue weighted by atomic mass is 35.5. The molecule has 0 aromatic heterocycles. The molecule has 0 saturated carbocycles. The summed E-state index contributed by atoms with van der Waals surface area (Å²) >= 11 is 5.78. The van der Waals surface area contributed by atoms with Crippen LogP contribution in [0.15, 0.2) is 47.4 Å². The number of rotatable bonds is 6. The molecule has 0 unspecified atom stereocenters. The molecule has 0 aliphatic carbocycles. The Morgan fingerprint density at radius 1 is 1.27 bits per heavy atom. The SMILES string of the molecule is Cc1cc([N+](=O)[O-])ccc1N(CC(=O)NN)S(=O)(=O)c1ccc(Cl)cc1. The van der Waals surface area contributed by atoms with Crippen LogP contribution in [0.4, 0.5) is 11.4 Å². The number of nitrogens with one attached hydrogen (secondary N) is 1. The number of nitrogens with zero attached hydrogens (tertiary/aromatic N) is 2. The van der Waals surface area contributed by atoms with E-state index in [9.17, 15) is 23.3 Å². The van der Waals surface area contributed by atoms with Crippen LogP contribution in [0.2, 0.25) is 5.02 Å². The average Bonchev–Trinajstić information content (AvgIpc) is 2.59. The minimum absolute atomic E-state index is 0.0931. The molecule has 0 aliphatic heterocycles. The number of carbonyl (C=O) groups excluding carboxylic acids is 1. The third-order valence-corrected chi connectivity index (χ3v) is 5.54. The van der Waals surface area contributed by atoms with E-state index in [1.54, 1.807) is 0 Å². The number of aryl methyl sites for hydroxylation is 1. The predicted octanol–water partition coefficient (Wildman–Crippen LogP) is 1.74. The van der Waals surface area contributed by atoms with Crippen LogP contribution in [0.25, 0.3) is 0 Å². The van der Waals surface area contributed by atoms with Crippen LogP contribution in [0.5, 0.6) is 0 Å². The summed E-state index contributed by atoms with van der Waals surface area (Å²) in [5.74, 6) is 4.32. The maximum Gasteiger partial charge on any atom is 0.269 e. The Morgan fingerprint density at radius 3 is 2.38 bits per heavy atom. The van der Waals surface area contributed by atoms with Crippen molar-refractivity contribution in [2.75, 3.05) is 10.8 Å². The van der Waals surface area contributed by atoms with Gasteiger partial charge in [-0.15, -0.1) is 0 Å². The van der Waals surface area contributed by atoms with E-state index >= 15 is 0 Å². The summed E-state index contributed by atoms with van der Waals surface area (Å²) in [6, 6.07) is 9.05. The van der Waals surface area contributed by atoms with Crippen LogP contribution in [0.3, 0.4) is 0 Å². The van der Waals surface area contributed by atoms with Crippen molar-refractivity contribution in [2.24, 2.45) is 5.84 Å². The molecule has 9 nitrogen and oxygen atoms in total. The van der Waals surface area contributed by atoms with Crippen LogP contribution < -0.4 is 15.6 Å². The van der Waals surface area contributed by atoms with E-state index in [0.717, 1.165) is 10.4 Å². The van der Waals surface area contributed by atoms with Crippen molar-refractivity contribution in [3.8, 4) is 0 Å². The second-order valence-corrected chi connectivity index (χ2v) is 7.56. The molecular formula is C15H15ClN4O5S. The second-order valence-electron chi connectivity index (χ2n) is 5.26. The lowest BCUT2D eigenvalue weighted by molar-refractivity contribution is -0.384. The van der Waals surface area contributed by atoms with Gasteiger partial charge >= 0.3 is 0 Å². The molecular weight excluding hydrogens is 384 g/mol. The van der Waals surface area contributed by atoms with E-state index in [2.05, 4.69) is 0 Å². The zero-order valence-electron chi connectivity index (χ0n) is 13.5. The maximum atomic E-state index is 13.0. The Hall–Kier alpha value is -2.69. The maximum absolute atomic E-state index is 13.0. The first kappa shape index (κ1) is 19.6. The van der Waals surface area contributed by atoms with Gasteiger partial charge in [0.2, 0.25) is 0 Å². The van der Waals surface area contributed by atoms with Crippen molar-refractivity contribution in [3.63, 3.8) is 0 Å². The molecule has 138 valence electrons. The van der Waals surface area contributed by atoms with Gasteiger partial charge in [-0.25, -0.2) is 14.3 Å². The van der Waals surface area contributed by atoms with E-state index in [4.69, 9.17) is 17.4 Å². The van der Waals surface area contributed by atoms with E-state index in [0.29, 0.717) is 10.6 Å². The number of non-ortho nitro benzene ring substituents is 1. The number of hydrogen-bond donors (Lipinski definition) is 2. The molecule has 11 heteroatoms. The molecule has 2 aromatic carbocycles. The van der Waals surface area contributed by atoms with Gasteiger partial charge in [-0.3, -0.25) is 24.6 Å². The molecule has 0 saturated heterocycles. The molecule has 2 aromatic rings. The van der Waals surface area contributed by atoms with Crippen molar-refractivity contribution in [1.82, 2.24) is 5.43 Å². The zero-order valence-corrected chi connectivity index (χ0v) is 15.1. The largest absolute Gasteiger partial charge is 0.293 e. The van der Waals surface area contributed by atoms with Crippen molar-refractivity contribution < 1.29 is 18.1 Å². The van der Waals surface area contributed by atoms with Gasteiger partial charge in [-0.2, -0.15) is 0 Å². The summed E-state index contributed by atoms with van der Waals surface area (Å²) in [7, 11) is -4.14. The van der Waals surface area contributed by atoms with Gasteiger partial charge in [0.25, 0.3) is 21.6 Å². The van der Waals surface area contributed by atoms with Crippen LogP contribution in [-0.2, 0) is 14.8 Å². The first-order valence-electron chi connectivity index (χ1n) is 7.19. The molecule has 0 spiro atoms. The Balaban J connectivity index is 2.58. The number of sulfonamides is 1. The molecule has 0 heterocycles. The lowest BCUT2D eigenvalue weighted by Crippen LogP contribution is -2.43. The van der Waals surface area contributed by atoms with Gasteiger partial charge < -0.3 is 0 Å². The predicted molar refractivity (Wildman–Crippen MR) is 96.1 cm³/mol. The fourth-order valence-corrected chi connectivity index (χ4v) is 3.85. The number of anilines is 1. The first-order chi connectivity index (χ1) is 12.2. The quantitative estimate of drug-likeness (QED) is 0.329. The van der Waals surface area contributed by atoms with Crippen molar-refractivity contribution in [2.45, 2.75) is 11.8 Å². The Labute approximate surface area is 154 Å². The van der Waals surface area contributed by atoms with E-state index in [1.165, 1.54) is 43.3 Å². The summed E-state index contributed by atoms with van der Waals surface area (Å²) in [6.07, 6.45) is 0. The number of amides is 1. The highest BCUT2D eigenvalue weighted by Crippen LogP contribution is 2.29. The lowest BCUT2D eigenvalue weighted by atomic mass is 10.2. The molecule has 0 fully saturated rings. The van der Waals surface area contributed by atoms with Crippen LogP contribution in [0, 0.1) is 17.0 Å². The third kappa shape index (κ3) is 4.10. The number of nitro groups is 1. The van der Waals surface area contributed by atoms with Gasteiger partial charge in [0.15, 0.2) is 0 Å². The normalized spacial score (nSPS) is 11.0. The fraction of sp³-hybridized carbons (Fsp3) is 0.133. The lowest BCUT2D eigenvalue weighted by Gasteiger charge is -2.25. The van der Waals surface area contributed by atoms with Crippen molar-refractivity contribution in [1.29, 1.82) is 0 Å². The van der Waals surface area contributed by atoms with Gasteiger partial charge in [0.1, 0.15) is 6.54 Å². The highest BCUT2D eigenvalue weighted by Gasteiger charge is 2.28. The fourth-order valence-electron chi connectivity index (χ4n) is 2.24. The van der Waals surface area contributed by atoms with Crippen molar-refractivity contribution >= 4 is 38.9 Å². The number of hydrazine groups is 1. The summed E-state index contributed by atoms with van der Waals surface area (Å²) in [6.45, 7) is 0.910. The highest BCUT2D eigenvalue weighted by molar-refractivity contribution is 7.92. The summed E-state index contributed by atoms with van der Waals surface area (Å²) in [5.41, 5.74) is 2.10. The number of halogens is 1. The molecule has 0 bridgehead atoms. The van der Waals surface area contributed by atoms with E-state index in [-0.39, 0.29) is 16.3 Å². The number of hydrogen-bond acceptors (Lipinski definition) is 6. The van der Waals surface area contributed by atoms with Crippen LogP contribution >= 0.6 is 11.6 Å². The third-order valence-electron chi connectivity index (χ3n) is 3.51. The van der Waals surface area contributed by atoms with Gasteiger partial charge in [0.05, 0.1) is 15.5 Å². The van der Waals surface area contributed by atoms with E-state index < -0.39 is 27.4 Å². The van der Waals surface area contributed by atoms with Crippen LogP contribution in [-0.4, -0.2) is 25.8 Å². The smallest absolute Gasteiger partial charge is 0.269 e. The molecule has 2 rings (SSSR count). The number of nitrogens with two attached hydrogens (primary N) is 1. The Kier molecular flexibility index (Phi) is 5.80. The molecule has 1 amide bonds. The molecule has 3 N–H and O–H groups in total. The molecule has 26 heavy (non-hydrogen) atoms. The average molecular weight is 399 g/mol. The van der Waals surface area contributed by atoms with E-state index in [1.807, 2.05) is 5.43 Å². The van der Waals surface area contributed by atoms with Gasteiger partial charge in [-0.05, 0) is 42.8 Å². The number of benzene rings is 2.